The highest BCUT2D eigenvalue weighted by molar-refractivity contribution is 5.81. The van der Waals surface area contributed by atoms with E-state index in [1.165, 1.54) is 0 Å². The van der Waals surface area contributed by atoms with Crippen LogP contribution in [0.15, 0.2) is 24.3 Å². The van der Waals surface area contributed by atoms with Crippen molar-refractivity contribution in [2.75, 3.05) is 6.54 Å². The summed E-state index contributed by atoms with van der Waals surface area (Å²) in [6.07, 6.45) is 3.16. The Morgan fingerprint density at radius 2 is 2.39 bits per heavy atom. The number of nitrogens with zero attached hydrogens (tertiary/aromatic N) is 1. The lowest BCUT2D eigenvalue weighted by Gasteiger charge is -2.22. The quantitative estimate of drug-likeness (QED) is 0.841. The van der Waals surface area contributed by atoms with Crippen molar-refractivity contribution in [3.63, 3.8) is 0 Å². The van der Waals surface area contributed by atoms with Crippen LogP contribution in [0.4, 0.5) is 0 Å². The molecule has 0 spiro atoms. The maximum atomic E-state index is 11.9. The van der Waals surface area contributed by atoms with Gasteiger partial charge in [0.15, 0.2) is 0 Å². The number of piperidine rings is 1. The second kappa shape index (κ2) is 6.18. The molecule has 0 aliphatic carbocycles. The van der Waals surface area contributed by atoms with Crippen molar-refractivity contribution in [2.45, 2.75) is 31.8 Å². The van der Waals surface area contributed by atoms with Crippen LogP contribution in [0.1, 0.15) is 30.4 Å². The van der Waals surface area contributed by atoms with E-state index in [-0.39, 0.29) is 11.9 Å². The third-order valence-corrected chi connectivity index (χ3v) is 3.15. The van der Waals surface area contributed by atoms with Gasteiger partial charge in [0.05, 0.1) is 17.7 Å². The molecule has 1 atom stereocenters. The number of amides is 1. The van der Waals surface area contributed by atoms with Crippen molar-refractivity contribution < 1.29 is 4.79 Å². The van der Waals surface area contributed by atoms with E-state index in [9.17, 15) is 4.79 Å². The van der Waals surface area contributed by atoms with Crippen LogP contribution < -0.4 is 10.6 Å². The van der Waals surface area contributed by atoms with Gasteiger partial charge >= 0.3 is 0 Å². The number of hydrogen-bond donors (Lipinski definition) is 2. The first-order valence-electron chi connectivity index (χ1n) is 6.30. The molecule has 4 nitrogen and oxygen atoms in total. The van der Waals surface area contributed by atoms with Crippen LogP contribution in [0.5, 0.6) is 0 Å². The maximum Gasteiger partial charge on any atom is 0.237 e. The van der Waals surface area contributed by atoms with Crippen LogP contribution in [0.25, 0.3) is 0 Å². The fraction of sp³-hybridized carbons (Fsp3) is 0.429. The molecule has 1 amide bonds. The van der Waals surface area contributed by atoms with E-state index in [0.29, 0.717) is 12.1 Å². The van der Waals surface area contributed by atoms with Crippen molar-refractivity contribution in [3.8, 4) is 6.07 Å². The lowest BCUT2D eigenvalue weighted by atomic mass is 10.0. The first-order valence-corrected chi connectivity index (χ1v) is 6.30. The van der Waals surface area contributed by atoms with E-state index in [0.717, 1.165) is 31.4 Å². The third-order valence-electron chi connectivity index (χ3n) is 3.15. The fourth-order valence-corrected chi connectivity index (χ4v) is 2.14. The van der Waals surface area contributed by atoms with E-state index in [1.54, 1.807) is 12.1 Å². The van der Waals surface area contributed by atoms with Crippen molar-refractivity contribution in [2.24, 2.45) is 0 Å². The first-order chi connectivity index (χ1) is 8.79. The van der Waals surface area contributed by atoms with Crippen LogP contribution in [-0.2, 0) is 11.3 Å². The van der Waals surface area contributed by atoms with Crippen molar-refractivity contribution in [1.82, 2.24) is 10.6 Å². The molecule has 18 heavy (non-hydrogen) atoms. The first kappa shape index (κ1) is 12.6. The Bertz CT molecular complexity index is 458. The van der Waals surface area contributed by atoms with Gasteiger partial charge in [-0.25, -0.2) is 0 Å². The predicted molar refractivity (Wildman–Crippen MR) is 68.6 cm³/mol. The molecule has 4 heteroatoms. The van der Waals surface area contributed by atoms with Crippen molar-refractivity contribution >= 4 is 5.91 Å². The van der Waals surface area contributed by atoms with Gasteiger partial charge in [0.1, 0.15) is 0 Å². The van der Waals surface area contributed by atoms with Crippen molar-refractivity contribution in [3.05, 3.63) is 35.4 Å². The highest BCUT2D eigenvalue weighted by atomic mass is 16.2. The molecular formula is C14H17N3O. The summed E-state index contributed by atoms with van der Waals surface area (Å²) in [7, 11) is 0. The second-order valence-corrected chi connectivity index (χ2v) is 4.53. The monoisotopic (exact) mass is 243 g/mol. The zero-order chi connectivity index (χ0) is 12.8. The lowest BCUT2D eigenvalue weighted by molar-refractivity contribution is -0.123. The van der Waals surface area contributed by atoms with Gasteiger partial charge in [0.25, 0.3) is 0 Å². The van der Waals surface area contributed by atoms with E-state index in [2.05, 4.69) is 16.7 Å². The molecule has 0 bridgehead atoms. The van der Waals surface area contributed by atoms with Crippen LogP contribution in [0, 0.1) is 11.3 Å². The minimum absolute atomic E-state index is 0.0528. The van der Waals surface area contributed by atoms with Gasteiger partial charge < -0.3 is 10.6 Å². The summed E-state index contributed by atoms with van der Waals surface area (Å²) in [6, 6.07) is 9.34. The lowest BCUT2D eigenvalue weighted by Crippen LogP contribution is -2.46. The number of rotatable bonds is 3. The molecule has 2 rings (SSSR count). The summed E-state index contributed by atoms with van der Waals surface area (Å²) in [4.78, 5) is 11.9. The smallest absolute Gasteiger partial charge is 0.237 e. The number of nitrogens with one attached hydrogen (secondary N) is 2. The summed E-state index contributed by atoms with van der Waals surface area (Å²) in [5, 5.41) is 14.9. The highest BCUT2D eigenvalue weighted by Gasteiger charge is 2.19. The summed E-state index contributed by atoms with van der Waals surface area (Å²) < 4.78 is 0. The molecule has 0 aromatic heterocycles. The average molecular weight is 243 g/mol. The summed E-state index contributed by atoms with van der Waals surface area (Å²) in [5.41, 5.74) is 1.58. The Balaban J connectivity index is 1.86. The summed E-state index contributed by atoms with van der Waals surface area (Å²) in [5.74, 6) is 0.0528. The van der Waals surface area contributed by atoms with Gasteiger partial charge in [-0.2, -0.15) is 5.26 Å². The van der Waals surface area contributed by atoms with Gasteiger partial charge in [-0.15, -0.1) is 0 Å². The molecule has 1 aliphatic rings. The van der Waals surface area contributed by atoms with Crippen LogP contribution in [0.3, 0.4) is 0 Å². The number of nitriles is 1. The molecule has 1 saturated heterocycles. The fourth-order valence-electron chi connectivity index (χ4n) is 2.14. The highest BCUT2D eigenvalue weighted by Crippen LogP contribution is 2.08. The standard InChI is InChI=1S/C14H17N3O/c15-9-11-4-3-5-12(8-11)10-17-14(18)13-6-1-2-7-16-13/h3-5,8,13,16H,1-2,6-7,10H2,(H,17,18). The Labute approximate surface area is 107 Å². The van der Waals surface area contributed by atoms with Gasteiger partial charge in [0, 0.05) is 6.54 Å². The minimum Gasteiger partial charge on any atom is -0.351 e. The molecule has 1 unspecified atom stereocenters. The summed E-state index contributed by atoms with van der Waals surface area (Å²) in [6.45, 7) is 1.40. The van der Waals surface area contributed by atoms with Gasteiger partial charge in [-0.3, -0.25) is 4.79 Å². The van der Waals surface area contributed by atoms with Crippen LogP contribution in [-0.4, -0.2) is 18.5 Å². The molecule has 1 aromatic rings. The van der Waals surface area contributed by atoms with E-state index >= 15 is 0 Å². The molecule has 0 radical (unpaired) electrons. The maximum absolute atomic E-state index is 11.9. The molecular weight excluding hydrogens is 226 g/mol. The van der Waals surface area contributed by atoms with E-state index in [1.807, 2.05) is 12.1 Å². The number of hydrogen-bond acceptors (Lipinski definition) is 3. The Morgan fingerprint density at radius 1 is 1.50 bits per heavy atom. The molecule has 1 heterocycles. The SMILES string of the molecule is N#Cc1cccc(CNC(=O)C2CCCCN2)c1. The Kier molecular flexibility index (Phi) is 4.32. The van der Waals surface area contributed by atoms with Gasteiger partial charge in [0.2, 0.25) is 5.91 Å². The molecule has 0 saturated carbocycles. The molecule has 1 fully saturated rings. The molecule has 1 aliphatic heterocycles. The molecule has 1 aromatic carbocycles. The number of carbonyl (C=O) groups is 1. The van der Waals surface area contributed by atoms with Gasteiger partial charge in [-0.05, 0) is 37.1 Å². The molecule has 94 valence electrons. The zero-order valence-corrected chi connectivity index (χ0v) is 10.3. The average Bonchev–Trinajstić information content (AvgIpc) is 2.46. The Hall–Kier alpha value is -1.86. The van der Waals surface area contributed by atoms with Gasteiger partial charge in [-0.1, -0.05) is 18.6 Å². The number of carbonyl (C=O) groups excluding carboxylic acids is 1. The van der Waals surface area contributed by atoms with Crippen LogP contribution >= 0.6 is 0 Å². The largest absolute Gasteiger partial charge is 0.351 e. The molecule has 2 N–H and O–H groups in total. The minimum atomic E-state index is -0.0575. The van der Waals surface area contributed by atoms with Crippen LogP contribution in [0.2, 0.25) is 0 Å². The third kappa shape index (κ3) is 3.31. The Morgan fingerprint density at radius 3 is 3.11 bits per heavy atom. The topological polar surface area (TPSA) is 64.9 Å². The predicted octanol–water partition coefficient (Wildman–Crippen LogP) is 1.32. The van der Waals surface area contributed by atoms with E-state index in [4.69, 9.17) is 5.26 Å². The number of benzene rings is 1. The summed E-state index contributed by atoms with van der Waals surface area (Å²) >= 11 is 0. The van der Waals surface area contributed by atoms with E-state index < -0.39 is 0 Å². The normalized spacial score (nSPS) is 18.9. The second-order valence-electron chi connectivity index (χ2n) is 4.53. The zero-order valence-electron chi connectivity index (χ0n) is 10.3. The van der Waals surface area contributed by atoms with Crippen molar-refractivity contribution in [1.29, 1.82) is 5.26 Å².